The summed E-state index contributed by atoms with van der Waals surface area (Å²) < 4.78 is 4.83. The monoisotopic (exact) mass is 207 g/mol. The summed E-state index contributed by atoms with van der Waals surface area (Å²) in [5, 5.41) is 0. The molecule has 0 aromatic rings. The molecule has 0 saturated heterocycles. The number of nitrogens with zero attached hydrogens (tertiary/aromatic N) is 1. The Morgan fingerprint density at radius 1 is 1.36 bits per heavy atom. The Morgan fingerprint density at radius 2 is 2.00 bits per heavy atom. The van der Waals surface area contributed by atoms with Crippen molar-refractivity contribution in [1.82, 2.24) is 5.43 Å². The minimum absolute atomic E-state index is 0.240. The Balaban J connectivity index is 3.32. The molecule has 0 spiro atoms. The van der Waals surface area contributed by atoms with Gasteiger partial charge in [-0.1, -0.05) is 0 Å². The lowest BCUT2D eigenvalue weighted by Gasteiger charge is -2.18. The van der Waals surface area contributed by atoms with Crippen molar-refractivity contribution in [2.24, 2.45) is 23.4 Å². The maximum Gasteiger partial charge on any atom is 0.307 e. The van der Waals surface area contributed by atoms with E-state index in [1.165, 1.54) is 0 Å². The minimum Gasteiger partial charge on any atom is -0.465 e. The molecule has 0 unspecified atom stereocenters. The van der Waals surface area contributed by atoms with Gasteiger partial charge in [0.2, 0.25) is 0 Å². The van der Waals surface area contributed by atoms with Crippen molar-refractivity contribution in [3.63, 3.8) is 0 Å². The van der Waals surface area contributed by atoms with E-state index < -0.39 is 4.81 Å². The van der Waals surface area contributed by atoms with Crippen molar-refractivity contribution < 1.29 is 14.3 Å². The lowest BCUT2D eigenvalue weighted by molar-refractivity contribution is -0.963. The van der Waals surface area contributed by atoms with Crippen LogP contribution in [0, 0.1) is 0 Å². The van der Waals surface area contributed by atoms with Gasteiger partial charge in [0.25, 0.3) is 0 Å². The molecule has 0 saturated carbocycles. The van der Waals surface area contributed by atoms with E-state index in [0.717, 1.165) is 0 Å². The molecule has 0 aromatic heterocycles. The number of hydrogen-bond donors (Lipinski definition) is 5. The van der Waals surface area contributed by atoms with Crippen LogP contribution in [0.3, 0.4) is 0 Å². The number of hydrogen-bond acceptors (Lipinski definition) is 7. The van der Waals surface area contributed by atoms with Gasteiger partial charge in [-0.05, 0) is 0 Å². The van der Waals surface area contributed by atoms with Gasteiger partial charge in [-0.25, -0.2) is 0 Å². The first-order valence-electron chi connectivity index (χ1n) is 4.28. The highest BCUT2D eigenvalue weighted by Gasteiger charge is 2.10. The van der Waals surface area contributed by atoms with Gasteiger partial charge in [-0.3, -0.25) is 16.1 Å². The van der Waals surface area contributed by atoms with Crippen molar-refractivity contribution in [3.05, 3.63) is 0 Å². The highest BCUT2D eigenvalue weighted by Crippen LogP contribution is 1.89. The number of rotatable bonds is 7. The van der Waals surface area contributed by atoms with E-state index in [9.17, 15) is 4.79 Å². The van der Waals surface area contributed by atoms with Crippen molar-refractivity contribution >= 4 is 5.97 Å². The Kier molecular flexibility index (Phi) is 6.28. The van der Waals surface area contributed by atoms with Crippen LogP contribution in [-0.4, -0.2) is 30.5 Å². The number of nitrogens with one attached hydrogen (secondary N) is 1. The Hall–Kier alpha value is -0.770. The van der Waals surface area contributed by atoms with E-state index in [0.29, 0.717) is 19.5 Å². The topological polar surface area (TPSA) is 142 Å². The molecule has 0 fully saturated rings. The standard InChI is InChI=1S/C6H19N6O2/c7-11-3-2-6(13)14-5-1-4-12(8,9)10/h11H,1-5,7-10H2/q+1. The van der Waals surface area contributed by atoms with Crippen LogP contribution in [0.4, 0.5) is 0 Å². The van der Waals surface area contributed by atoms with Gasteiger partial charge >= 0.3 is 5.97 Å². The van der Waals surface area contributed by atoms with Crippen molar-refractivity contribution in [2.75, 3.05) is 19.7 Å². The first kappa shape index (κ1) is 13.2. The largest absolute Gasteiger partial charge is 0.465 e. The molecule has 14 heavy (non-hydrogen) atoms. The second kappa shape index (κ2) is 6.65. The molecule has 0 bridgehead atoms. The molecule has 9 N–H and O–H groups in total. The third-order valence-corrected chi connectivity index (χ3v) is 1.43. The van der Waals surface area contributed by atoms with Crippen LogP contribution >= 0.6 is 0 Å². The van der Waals surface area contributed by atoms with Crippen LogP contribution in [0.5, 0.6) is 0 Å². The van der Waals surface area contributed by atoms with Crippen LogP contribution in [0.25, 0.3) is 0 Å². The molecule has 0 aromatic carbocycles. The lowest BCUT2D eigenvalue weighted by Crippen LogP contribution is -2.66. The summed E-state index contributed by atoms with van der Waals surface area (Å²) in [6.07, 6.45) is 0.760. The maximum absolute atomic E-state index is 10.9. The number of quaternary nitrogens is 1. The lowest BCUT2D eigenvalue weighted by atomic mass is 10.4. The number of carbonyl (C=O) groups is 1. The average molecular weight is 207 g/mol. The molecule has 8 nitrogen and oxygen atoms in total. The van der Waals surface area contributed by atoms with Gasteiger partial charge in [-0.2, -0.15) is 0 Å². The summed E-state index contributed by atoms with van der Waals surface area (Å²) in [6, 6.07) is 0. The Labute approximate surface area is 82.6 Å². The summed E-state index contributed by atoms with van der Waals surface area (Å²) in [5.74, 6) is 20.4. The molecular formula is C6H19N6O2+. The quantitative estimate of drug-likeness (QED) is 0.0998. The fourth-order valence-corrected chi connectivity index (χ4v) is 0.771. The zero-order chi connectivity index (χ0) is 11.0. The molecule has 0 heterocycles. The highest BCUT2D eigenvalue weighted by molar-refractivity contribution is 5.69. The predicted octanol–water partition coefficient (Wildman–Crippen LogP) is -2.79. The highest BCUT2D eigenvalue weighted by atomic mass is 16.5. The third kappa shape index (κ3) is 9.32. The summed E-state index contributed by atoms with van der Waals surface area (Å²) in [7, 11) is 0. The minimum atomic E-state index is -0.609. The van der Waals surface area contributed by atoms with E-state index in [1.54, 1.807) is 0 Å². The molecule has 0 amide bonds. The van der Waals surface area contributed by atoms with Crippen molar-refractivity contribution in [3.8, 4) is 0 Å². The summed E-state index contributed by atoms with van der Waals surface area (Å²) in [5.41, 5.74) is 2.35. The first-order valence-corrected chi connectivity index (χ1v) is 4.28. The molecule has 0 rings (SSSR count). The van der Waals surface area contributed by atoms with Gasteiger partial charge in [0, 0.05) is 13.0 Å². The Morgan fingerprint density at radius 3 is 2.50 bits per heavy atom. The fourth-order valence-electron chi connectivity index (χ4n) is 0.771. The number of esters is 1. The number of nitrogens with two attached hydrogens (primary N) is 4. The molecule has 8 heteroatoms. The zero-order valence-corrected chi connectivity index (χ0v) is 8.11. The maximum atomic E-state index is 10.9. The molecule has 0 aliphatic heterocycles. The SMILES string of the molecule is NNCCC(=O)OCCC[N+](N)(N)N. The van der Waals surface area contributed by atoms with Gasteiger partial charge < -0.3 is 4.74 Å². The van der Waals surface area contributed by atoms with E-state index >= 15 is 0 Å². The van der Waals surface area contributed by atoms with E-state index in [4.69, 9.17) is 28.1 Å². The number of hydrazine groups is 1. The Bertz CT molecular complexity index is 168. The summed E-state index contributed by atoms with van der Waals surface area (Å²) >= 11 is 0. The summed E-state index contributed by atoms with van der Waals surface area (Å²) in [6.45, 7) is 0.987. The second-order valence-corrected chi connectivity index (χ2v) is 3.00. The van der Waals surface area contributed by atoms with E-state index in [1.807, 2.05) is 0 Å². The summed E-state index contributed by atoms with van der Waals surface area (Å²) in [4.78, 5) is 10.3. The van der Waals surface area contributed by atoms with E-state index in [2.05, 4.69) is 5.43 Å². The zero-order valence-electron chi connectivity index (χ0n) is 8.11. The smallest absolute Gasteiger partial charge is 0.307 e. The fraction of sp³-hybridized carbons (Fsp3) is 0.833. The molecule has 84 valence electrons. The molecular weight excluding hydrogens is 188 g/mol. The van der Waals surface area contributed by atoms with Crippen LogP contribution < -0.4 is 28.8 Å². The van der Waals surface area contributed by atoms with E-state index in [-0.39, 0.29) is 19.0 Å². The first-order chi connectivity index (χ1) is 6.45. The van der Waals surface area contributed by atoms with Gasteiger partial charge in [0.15, 0.2) is 0 Å². The van der Waals surface area contributed by atoms with Crippen molar-refractivity contribution in [2.45, 2.75) is 12.8 Å². The molecule has 0 aliphatic rings. The van der Waals surface area contributed by atoms with Gasteiger partial charge in [0.05, 0.1) is 13.0 Å². The second-order valence-electron chi connectivity index (χ2n) is 3.00. The van der Waals surface area contributed by atoms with Crippen LogP contribution in [0.15, 0.2) is 0 Å². The van der Waals surface area contributed by atoms with Crippen LogP contribution in [0.1, 0.15) is 12.8 Å². The van der Waals surface area contributed by atoms with Crippen molar-refractivity contribution in [1.29, 1.82) is 0 Å². The molecule has 0 radical (unpaired) electrons. The number of ether oxygens (including phenoxy) is 1. The number of carbonyl (C=O) groups excluding carboxylic acids is 1. The van der Waals surface area contributed by atoms with Crippen LogP contribution in [0.2, 0.25) is 0 Å². The van der Waals surface area contributed by atoms with Gasteiger partial charge in [-0.15, -0.1) is 22.3 Å². The predicted molar refractivity (Wildman–Crippen MR) is 50.1 cm³/mol. The molecule has 0 atom stereocenters. The van der Waals surface area contributed by atoms with Crippen LogP contribution in [-0.2, 0) is 9.53 Å². The average Bonchev–Trinajstić information content (AvgIpc) is 2.07. The normalized spacial score (nSPS) is 11.4. The third-order valence-electron chi connectivity index (χ3n) is 1.43. The van der Waals surface area contributed by atoms with Gasteiger partial charge in [0.1, 0.15) is 6.54 Å². The molecule has 0 aliphatic carbocycles.